The summed E-state index contributed by atoms with van der Waals surface area (Å²) in [6, 6.07) is 5.04. The first-order chi connectivity index (χ1) is 9.47. The number of halogens is 3. The van der Waals surface area contributed by atoms with Crippen molar-refractivity contribution in [2.75, 3.05) is 23.5 Å². The van der Waals surface area contributed by atoms with Crippen molar-refractivity contribution in [2.24, 2.45) is 0 Å². The van der Waals surface area contributed by atoms with Crippen molar-refractivity contribution in [3.05, 3.63) is 42.2 Å². The Bertz CT molecular complexity index is 624. The van der Waals surface area contributed by atoms with Crippen LogP contribution in [0.5, 0.6) is 0 Å². The molecule has 0 aliphatic carbocycles. The lowest BCUT2D eigenvalue weighted by Gasteiger charge is -2.18. The third kappa shape index (κ3) is 2.04. The predicted molar refractivity (Wildman–Crippen MR) is 68.9 cm³/mol. The van der Waals surface area contributed by atoms with Gasteiger partial charge in [-0.1, -0.05) is 0 Å². The number of fused-ring (bicyclic) bond motifs is 1. The normalized spacial score (nSPS) is 14.6. The summed E-state index contributed by atoms with van der Waals surface area (Å²) in [6.45, 7) is 0.505. The maximum absolute atomic E-state index is 12.6. The molecular formula is C13H11F3N4. The molecule has 0 N–H and O–H groups in total. The molecule has 0 bridgehead atoms. The minimum atomic E-state index is -4.32. The van der Waals surface area contributed by atoms with Crippen LogP contribution in [0.15, 0.2) is 36.7 Å². The number of hydrogen-bond acceptors (Lipinski definition) is 4. The van der Waals surface area contributed by atoms with Gasteiger partial charge in [-0.15, -0.1) is 0 Å². The highest BCUT2D eigenvalue weighted by Gasteiger charge is 2.31. The molecule has 0 amide bonds. The molecule has 2 heterocycles. The van der Waals surface area contributed by atoms with E-state index in [0.717, 1.165) is 12.1 Å². The van der Waals surface area contributed by atoms with E-state index < -0.39 is 11.7 Å². The molecule has 2 aromatic rings. The van der Waals surface area contributed by atoms with Gasteiger partial charge in [0.25, 0.3) is 0 Å². The van der Waals surface area contributed by atoms with Gasteiger partial charge in [0, 0.05) is 25.1 Å². The maximum Gasteiger partial charge on any atom is 0.416 e. The average molecular weight is 280 g/mol. The number of hydrogen-bond donors (Lipinski definition) is 0. The Labute approximate surface area is 113 Å². The van der Waals surface area contributed by atoms with E-state index in [4.69, 9.17) is 0 Å². The van der Waals surface area contributed by atoms with Crippen molar-refractivity contribution >= 4 is 17.3 Å². The molecule has 0 atom stereocenters. The second kappa shape index (κ2) is 4.36. The smallest absolute Gasteiger partial charge is 0.338 e. The van der Waals surface area contributed by atoms with E-state index in [1.54, 1.807) is 12.4 Å². The molecule has 0 unspecified atom stereocenters. The van der Waals surface area contributed by atoms with Crippen LogP contribution in [0.2, 0.25) is 0 Å². The Kier molecular flexibility index (Phi) is 2.77. The van der Waals surface area contributed by atoms with E-state index in [-0.39, 0.29) is 0 Å². The van der Waals surface area contributed by atoms with Gasteiger partial charge in [0.15, 0.2) is 11.6 Å². The van der Waals surface area contributed by atoms with E-state index in [9.17, 15) is 13.2 Å². The molecule has 1 aliphatic rings. The number of benzene rings is 1. The fourth-order valence-electron chi connectivity index (χ4n) is 2.16. The lowest BCUT2D eigenvalue weighted by molar-refractivity contribution is -0.137. The summed E-state index contributed by atoms with van der Waals surface area (Å²) in [5.74, 6) is 1.36. The van der Waals surface area contributed by atoms with Crippen LogP contribution in [0.25, 0.3) is 0 Å². The molecule has 0 fully saturated rings. The molecule has 3 rings (SSSR count). The van der Waals surface area contributed by atoms with Crippen molar-refractivity contribution in [2.45, 2.75) is 6.18 Å². The summed E-state index contributed by atoms with van der Waals surface area (Å²) in [7, 11) is 1.86. The Morgan fingerprint density at radius 2 is 1.60 bits per heavy atom. The molecule has 1 aromatic carbocycles. The lowest BCUT2D eigenvalue weighted by atomic mass is 10.2. The predicted octanol–water partition coefficient (Wildman–Crippen LogP) is 3.04. The molecule has 0 saturated carbocycles. The van der Waals surface area contributed by atoms with E-state index in [1.165, 1.54) is 12.1 Å². The van der Waals surface area contributed by atoms with Crippen LogP contribution < -0.4 is 9.80 Å². The Hall–Kier alpha value is -2.31. The summed E-state index contributed by atoms with van der Waals surface area (Å²) < 4.78 is 37.7. The highest BCUT2D eigenvalue weighted by molar-refractivity contribution is 5.75. The zero-order valence-corrected chi connectivity index (χ0v) is 10.6. The van der Waals surface area contributed by atoms with Gasteiger partial charge in [0.05, 0.1) is 12.2 Å². The summed E-state index contributed by atoms with van der Waals surface area (Å²) in [6.07, 6.45) is -1.17. The first kappa shape index (κ1) is 12.7. The number of rotatable bonds is 1. The monoisotopic (exact) mass is 280 g/mol. The third-order valence-electron chi connectivity index (χ3n) is 3.14. The summed E-state index contributed by atoms with van der Waals surface area (Å²) in [5.41, 5.74) is -0.00253. The van der Waals surface area contributed by atoms with E-state index >= 15 is 0 Å². The standard InChI is InChI=1S/C13H11F3N4/c1-19-8-20(12-11(19)17-6-7-18-12)10-4-2-9(3-5-10)13(14,15)16/h2-7H,8H2,1H3. The third-order valence-corrected chi connectivity index (χ3v) is 3.14. The van der Waals surface area contributed by atoms with Gasteiger partial charge in [-0.2, -0.15) is 13.2 Å². The Morgan fingerprint density at radius 3 is 2.20 bits per heavy atom. The minimum Gasteiger partial charge on any atom is -0.338 e. The topological polar surface area (TPSA) is 32.3 Å². The fraction of sp³-hybridized carbons (Fsp3) is 0.231. The summed E-state index contributed by atoms with van der Waals surface area (Å²) in [4.78, 5) is 12.2. The molecular weight excluding hydrogens is 269 g/mol. The van der Waals surface area contributed by atoms with Gasteiger partial charge in [0.1, 0.15) is 0 Å². The molecule has 4 nitrogen and oxygen atoms in total. The number of alkyl halides is 3. The highest BCUT2D eigenvalue weighted by Crippen LogP contribution is 2.37. The molecule has 0 spiro atoms. The molecule has 0 radical (unpaired) electrons. The van der Waals surface area contributed by atoms with Crippen molar-refractivity contribution in [3.8, 4) is 0 Å². The molecule has 7 heteroatoms. The largest absolute Gasteiger partial charge is 0.416 e. The quantitative estimate of drug-likeness (QED) is 0.803. The van der Waals surface area contributed by atoms with E-state index in [2.05, 4.69) is 9.97 Å². The van der Waals surface area contributed by atoms with Gasteiger partial charge < -0.3 is 9.80 Å². The fourth-order valence-corrected chi connectivity index (χ4v) is 2.16. The van der Waals surface area contributed by atoms with Crippen molar-refractivity contribution in [1.29, 1.82) is 0 Å². The zero-order valence-electron chi connectivity index (χ0n) is 10.6. The molecule has 1 aromatic heterocycles. The van der Waals surface area contributed by atoms with Crippen molar-refractivity contribution in [3.63, 3.8) is 0 Å². The van der Waals surface area contributed by atoms with Crippen LogP contribution in [0.3, 0.4) is 0 Å². The SMILES string of the molecule is CN1CN(c2ccc(C(F)(F)F)cc2)c2nccnc21. The summed E-state index contributed by atoms with van der Waals surface area (Å²) >= 11 is 0. The zero-order chi connectivity index (χ0) is 14.3. The highest BCUT2D eigenvalue weighted by atomic mass is 19.4. The summed E-state index contributed by atoms with van der Waals surface area (Å²) in [5, 5.41) is 0. The van der Waals surface area contributed by atoms with E-state index in [0.29, 0.717) is 24.0 Å². The van der Waals surface area contributed by atoms with Crippen LogP contribution in [-0.4, -0.2) is 23.7 Å². The van der Waals surface area contributed by atoms with Gasteiger partial charge >= 0.3 is 6.18 Å². The Morgan fingerprint density at radius 1 is 1.00 bits per heavy atom. The van der Waals surface area contributed by atoms with Crippen LogP contribution in [0.4, 0.5) is 30.5 Å². The maximum atomic E-state index is 12.6. The van der Waals surface area contributed by atoms with Crippen LogP contribution >= 0.6 is 0 Å². The Balaban J connectivity index is 1.95. The number of aromatic nitrogens is 2. The average Bonchev–Trinajstić information content (AvgIpc) is 2.76. The van der Waals surface area contributed by atoms with Crippen molar-refractivity contribution in [1.82, 2.24) is 9.97 Å². The molecule has 1 aliphatic heterocycles. The van der Waals surface area contributed by atoms with Crippen LogP contribution in [0.1, 0.15) is 5.56 Å². The van der Waals surface area contributed by atoms with Gasteiger partial charge in [-0.05, 0) is 24.3 Å². The second-order valence-corrected chi connectivity index (χ2v) is 4.52. The number of anilines is 3. The van der Waals surface area contributed by atoms with Gasteiger partial charge in [-0.25, -0.2) is 9.97 Å². The lowest BCUT2D eigenvalue weighted by Crippen LogP contribution is -2.24. The number of nitrogens with zero attached hydrogens (tertiary/aromatic N) is 4. The first-order valence-electron chi connectivity index (χ1n) is 5.94. The van der Waals surface area contributed by atoms with Crippen molar-refractivity contribution < 1.29 is 13.2 Å². The molecule has 20 heavy (non-hydrogen) atoms. The molecule has 104 valence electrons. The second-order valence-electron chi connectivity index (χ2n) is 4.52. The van der Waals surface area contributed by atoms with Crippen LogP contribution in [-0.2, 0) is 6.18 Å². The first-order valence-corrected chi connectivity index (χ1v) is 5.94. The van der Waals surface area contributed by atoms with Crippen LogP contribution in [0, 0.1) is 0 Å². The minimum absolute atomic E-state index is 0.505. The molecule has 0 saturated heterocycles. The van der Waals surface area contributed by atoms with Gasteiger partial charge in [0.2, 0.25) is 0 Å². The van der Waals surface area contributed by atoms with E-state index in [1.807, 2.05) is 16.8 Å². The van der Waals surface area contributed by atoms with Gasteiger partial charge in [-0.3, -0.25) is 0 Å².